The van der Waals surface area contributed by atoms with E-state index in [2.05, 4.69) is 20.4 Å². The summed E-state index contributed by atoms with van der Waals surface area (Å²) in [4.78, 5) is 14.2. The summed E-state index contributed by atoms with van der Waals surface area (Å²) in [7, 11) is 0. The van der Waals surface area contributed by atoms with Crippen LogP contribution in [-0.2, 0) is 11.3 Å². The highest BCUT2D eigenvalue weighted by molar-refractivity contribution is 7.13. The molecule has 1 atom stereocenters. The summed E-state index contributed by atoms with van der Waals surface area (Å²) < 4.78 is 5.37. The molecule has 6 nitrogen and oxygen atoms in total. The fourth-order valence-corrected chi connectivity index (χ4v) is 3.18. The molecule has 0 bridgehead atoms. The maximum Gasteiger partial charge on any atom is 0.294 e. The minimum absolute atomic E-state index is 0.0437. The molecular weight excluding hydrogens is 300 g/mol. The highest BCUT2D eigenvalue weighted by atomic mass is 32.1. The molecule has 1 aliphatic rings. The first-order valence-corrected chi connectivity index (χ1v) is 8.09. The summed E-state index contributed by atoms with van der Waals surface area (Å²) in [5.74, 6) is -0.0473. The van der Waals surface area contributed by atoms with Crippen molar-refractivity contribution in [2.45, 2.75) is 20.4 Å². The van der Waals surface area contributed by atoms with Crippen LogP contribution in [0.15, 0.2) is 24.3 Å². The molecule has 0 saturated heterocycles. The van der Waals surface area contributed by atoms with Gasteiger partial charge in [-0.25, -0.2) is 0 Å². The van der Waals surface area contributed by atoms with Crippen molar-refractivity contribution in [2.75, 3.05) is 23.4 Å². The number of ether oxygens (including phenoxy) is 1. The van der Waals surface area contributed by atoms with Crippen LogP contribution in [0, 0.1) is 5.92 Å². The smallest absolute Gasteiger partial charge is 0.294 e. The molecule has 0 radical (unpaired) electrons. The van der Waals surface area contributed by atoms with Crippen LogP contribution in [0.3, 0.4) is 0 Å². The van der Waals surface area contributed by atoms with E-state index in [0.29, 0.717) is 24.9 Å². The molecule has 22 heavy (non-hydrogen) atoms. The van der Waals surface area contributed by atoms with Gasteiger partial charge in [0.05, 0.1) is 30.4 Å². The number of anilines is 2. The third-order valence-electron chi connectivity index (χ3n) is 3.49. The Kier molecular flexibility index (Phi) is 4.24. The predicted molar refractivity (Wildman–Crippen MR) is 86.4 cm³/mol. The number of benzene rings is 1. The molecule has 0 saturated carbocycles. The maximum atomic E-state index is 12.1. The molecular formula is C15H18N4O2S. The Morgan fingerprint density at radius 1 is 1.41 bits per heavy atom. The predicted octanol–water partition coefficient (Wildman–Crippen LogP) is 2.53. The van der Waals surface area contributed by atoms with Gasteiger partial charge < -0.3 is 15.0 Å². The third kappa shape index (κ3) is 3.04. The zero-order valence-electron chi connectivity index (χ0n) is 12.6. The summed E-state index contributed by atoms with van der Waals surface area (Å²) in [6.07, 6.45) is 0. The highest BCUT2D eigenvalue weighted by Crippen LogP contribution is 2.31. The van der Waals surface area contributed by atoms with E-state index in [4.69, 9.17) is 4.74 Å². The van der Waals surface area contributed by atoms with Crippen molar-refractivity contribution in [3.05, 3.63) is 29.3 Å². The number of para-hydroxylation sites is 2. The molecule has 7 heteroatoms. The number of carbonyl (C=O) groups excluding carboxylic acids is 1. The Labute approximate surface area is 133 Å². The molecule has 0 fully saturated rings. The summed E-state index contributed by atoms with van der Waals surface area (Å²) in [6.45, 7) is 5.69. The molecule has 1 unspecified atom stereocenters. The van der Waals surface area contributed by atoms with Crippen LogP contribution >= 0.6 is 11.3 Å². The summed E-state index contributed by atoms with van der Waals surface area (Å²) >= 11 is 1.44. The van der Waals surface area contributed by atoms with Gasteiger partial charge >= 0.3 is 0 Å². The molecule has 1 N–H and O–H groups in total. The van der Waals surface area contributed by atoms with Crippen molar-refractivity contribution in [1.82, 2.24) is 10.2 Å². The second kappa shape index (κ2) is 6.31. The summed E-state index contributed by atoms with van der Waals surface area (Å²) in [5, 5.41) is 12.6. The number of nitrogens with one attached hydrogen (secondary N) is 1. The summed E-state index contributed by atoms with van der Waals surface area (Å²) in [6, 6.07) is 7.83. The second-order valence-corrected chi connectivity index (χ2v) is 6.21. The average molecular weight is 318 g/mol. The number of carbonyl (C=O) groups is 1. The first-order chi connectivity index (χ1) is 10.7. The molecule has 1 aliphatic heterocycles. The highest BCUT2D eigenvalue weighted by Gasteiger charge is 2.25. The van der Waals surface area contributed by atoms with Crippen LogP contribution in [0.2, 0.25) is 0 Å². The molecule has 116 valence electrons. The molecule has 1 aromatic carbocycles. The van der Waals surface area contributed by atoms with Gasteiger partial charge in [-0.05, 0) is 19.1 Å². The van der Waals surface area contributed by atoms with Crippen molar-refractivity contribution in [3.8, 4) is 5.19 Å². The molecule has 0 aliphatic carbocycles. The zero-order valence-corrected chi connectivity index (χ0v) is 13.4. The SMILES string of the molecule is CCOc1nnc(CN2CC(C)C(=O)Nc3ccccc32)s1. The lowest BCUT2D eigenvalue weighted by Gasteiger charge is -2.24. The molecule has 2 heterocycles. The Morgan fingerprint density at radius 2 is 2.23 bits per heavy atom. The van der Waals surface area contributed by atoms with Crippen molar-refractivity contribution < 1.29 is 9.53 Å². The number of hydrogen-bond donors (Lipinski definition) is 1. The van der Waals surface area contributed by atoms with E-state index in [1.165, 1.54) is 11.3 Å². The fraction of sp³-hybridized carbons (Fsp3) is 0.400. The fourth-order valence-electron chi connectivity index (χ4n) is 2.42. The normalized spacial score (nSPS) is 17.6. The summed E-state index contributed by atoms with van der Waals surface area (Å²) in [5.41, 5.74) is 1.85. The first-order valence-electron chi connectivity index (χ1n) is 7.27. The van der Waals surface area contributed by atoms with E-state index in [-0.39, 0.29) is 11.8 Å². The standard InChI is InChI=1S/C15H18N4O2S/c1-3-21-15-18-17-13(22-15)9-19-8-10(2)14(20)16-11-6-4-5-7-12(11)19/h4-7,10H,3,8-9H2,1-2H3,(H,16,20). The molecule has 0 spiro atoms. The third-order valence-corrected chi connectivity index (χ3v) is 4.31. The van der Waals surface area contributed by atoms with Gasteiger partial charge in [-0.2, -0.15) is 0 Å². The zero-order chi connectivity index (χ0) is 15.5. The second-order valence-electron chi connectivity index (χ2n) is 5.18. The largest absolute Gasteiger partial charge is 0.469 e. The van der Waals surface area contributed by atoms with Crippen molar-refractivity contribution >= 4 is 28.6 Å². The van der Waals surface area contributed by atoms with Gasteiger partial charge in [0.15, 0.2) is 0 Å². The van der Waals surface area contributed by atoms with Gasteiger partial charge in [-0.15, -0.1) is 5.10 Å². The lowest BCUT2D eigenvalue weighted by molar-refractivity contribution is -0.119. The lowest BCUT2D eigenvalue weighted by atomic mass is 10.1. The van der Waals surface area contributed by atoms with Crippen LogP contribution in [-0.4, -0.2) is 29.3 Å². The number of nitrogens with zero attached hydrogens (tertiary/aromatic N) is 3. The lowest BCUT2D eigenvalue weighted by Crippen LogP contribution is -2.30. The van der Waals surface area contributed by atoms with E-state index >= 15 is 0 Å². The number of fused-ring (bicyclic) bond motifs is 1. The van der Waals surface area contributed by atoms with Gasteiger partial charge in [0.2, 0.25) is 5.91 Å². The van der Waals surface area contributed by atoms with E-state index in [1.807, 2.05) is 38.1 Å². The molecule has 1 aromatic heterocycles. The van der Waals surface area contributed by atoms with Gasteiger partial charge in [0.1, 0.15) is 5.01 Å². The Balaban J connectivity index is 1.86. The van der Waals surface area contributed by atoms with Crippen LogP contribution in [0.1, 0.15) is 18.9 Å². The van der Waals surface area contributed by atoms with Crippen LogP contribution in [0.4, 0.5) is 11.4 Å². The van der Waals surface area contributed by atoms with E-state index in [9.17, 15) is 4.79 Å². The number of hydrogen-bond acceptors (Lipinski definition) is 6. The molecule has 2 aromatic rings. The van der Waals surface area contributed by atoms with E-state index in [0.717, 1.165) is 16.4 Å². The minimum atomic E-state index is -0.0910. The first kappa shape index (κ1) is 14.8. The quantitative estimate of drug-likeness (QED) is 0.938. The van der Waals surface area contributed by atoms with Gasteiger partial charge in [0, 0.05) is 6.54 Å². The van der Waals surface area contributed by atoms with Gasteiger partial charge in [0.25, 0.3) is 5.19 Å². The van der Waals surface area contributed by atoms with E-state index < -0.39 is 0 Å². The molecule has 3 rings (SSSR count). The van der Waals surface area contributed by atoms with Crippen LogP contribution in [0.25, 0.3) is 0 Å². The topological polar surface area (TPSA) is 67.4 Å². The van der Waals surface area contributed by atoms with Crippen LogP contribution < -0.4 is 15.0 Å². The average Bonchev–Trinajstić information content (AvgIpc) is 2.90. The number of amides is 1. The van der Waals surface area contributed by atoms with Crippen molar-refractivity contribution in [1.29, 1.82) is 0 Å². The van der Waals surface area contributed by atoms with E-state index in [1.54, 1.807) is 0 Å². The minimum Gasteiger partial charge on any atom is -0.469 e. The Hall–Kier alpha value is -2.15. The Morgan fingerprint density at radius 3 is 3.05 bits per heavy atom. The van der Waals surface area contributed by atoms with Crippen molar-refractivity contribution in [3.63, 3.8) is 0 Å². The number of aromatic nitrogens is 2. The molecule has 1 amide bonds. The number of rotatable bonds is 4. The Bertz CT molecular complexity index is 673. The monoisotopic (exact) mass is 318 g/mol. The van der Waals surface area contributed by atoms with Gasteiger partial charge in [-0.1, -0.05) is 35.5 Å². The van der Waals surface area contributed by atoms with Crippen molar-refractivity contribution in [2.24, 2.45) is 5.92 Å². The maximum absolute atomic E-state index is 12.1. The van der Waals surface area contributed by atoms with Gasteiger partial charge in [-0.3, -0.25) is 4.79 Å². The van der Waals surface area contributed by atoms with Crippen LogP contribution in [0.5, 0.6) is 5.19 Å².